The Balaban J connectivity index is 1.77. The molecule has 1 aliphatic heterocycles. The Morgan fingerprint density at radius 2 is 2.07 bits per heavy atom. The summed E-state index contributed by atoms with van der Waals surface area (Å²) in [6.07, 6.45) is 2.33. The number of nitrogens with two attached hydrogens (primary N) is 1. The Morgan fingerprint density at radius 3 is 2.79 bits per heavy atom. The van der Waals surface area contributed by atoms with E-state index in [4.69, 9.17) is 22.4 Å². The molecule has 0 radical (unpaired) electrons. The second-order valence-corrected chi connectivity index (χ2v) is 9.20. The van der Waals surface area contributed by atoms with Gasteiger partial charge in [-0.2, -0.15) is 5.10 Å². The van der Waals surface area contributed by atoms with Gasteiger partial charge in [0.25, 0.3) is 5.91 Å². The van der Waals surface area contributed by atoms with Crippen LogP contribution in [0, 0.1) is 12.3 Å². The van der Waals surface area contributed by atoms with Gasteiger partial charge in [-0.25, -0.2) is 0 Å². The van der Waals surface area contributed by atoms with Crippen LogP contribution in [-0.4, -0.2) is 22.8 Å². The van der Waals surface area contributed by atoms with Gasteiger partial charge in [-0.05, 0) is 56.0 Å². The molecule has 7 heteroatoms. The molecule has 4 rings (SSSR count). The smallest absolute Gasteiger partial charge is 0.294 e. The van der Waals surface area contributed by atoms with Crippen molar-refractivity contribution in [3.05, 3.63) is 52.5 Å². The Hall–Kier alpha value is -2.67. The van der Waals surface area contributed by atoms with Crippen LogP contribution in [0.15, 0.2) is 33.8 Å². The average Bonchev–Trinajstić information content (AvgIpc) is 3.14. The van der Waals surface area contributed by atoms with Crippen LogP contribution < -0.4 is 16.1 Å². The maximum atomic E-state index is 13.5. The van der Waals surface area contributed by atoms with Gasteiger partial charge >= 0.3 is 0 Å². The van der Waals surface area contributed by atoms with Crippen molar-refractivity contribution in [1.29, 1.82) is 0 Å². The fraction of sp³-hybridized carbons (Fsp3) is 0.409. The molecule has 1 aromatic carbocycles. The molecule has 1 aliphatic carbocycles. The van der Waals surface area contributed by atoms with Crippen LogP contribution in [0.5, 0.6) is 0 Å². The first-order valence-electron chi connectivity index (χ1n) is 9.84. The van der Waals surface area contributed by atoms with Crippen molar-refractivity contribution in [3.8, 4) is 0 Å². The maximum absolute atomic E-state index is 13.5. The first-order valence-corrected chi connectivity index (χ1v) is 10.2. The number of carbonyl (C=O) groups excluding carboxylic acids is 1. The number of rotatable bonds is 2. The molecule has 29 heavy (non-hydrogen) atoms. The van der Waals surface area contributed by atoms with E-state index in [1.54, 1.807) is 0 Å². The first-order chi connectivity index (χ1) is 13.7. The summed E-state index contributed by atoms with van der Waals surface area (Å²) in [5.41, 5.74) is 12.9. The van der Waals surface area contributed by atoms with E-state index in [0.717, 1.165) is 47.5 Å². The predicted octanol–water partition coefficient (Wildman–Crippen LogP) is 3.69. The minimum Gasteiger partial charge on any atom is -0.455 e. The Kier molecular flexibility index (Phi) is 4.73. The lowest BCUT2D eigenvalue weighted by atomic mass is 9.75. The summed E-state index contributed by atoms with van der Waals surface area (Å²) < 4.78 is 6.18. The number of anilines is 1. The number of hydrogen-bond acceptors (Lipinski definition) is 4. The monoisotopic (exact) mass is 410 g/mol. The molecule has 0 spiro atoms. The molecular weight excluding hydrogens is 384 g/mol. The summed E-state index contributed by atoms with van der Waals surface area (Å²) >= 11 is 4.90. The van der Waals surface area contributed by atoms with Crippen molar-refractivity contribution < 1.29 is 9.21 Å². The minimum absolute atomic E-state index is 0.0398. The first kappa shape index (κ1) is 19.6. The van der Waals surface area contributed by atoms with E-state index in [-0.39, 0.29) is 22.5 Å². The number of thiocarbonyl (C=S) groups is 1. The second kappa shape index (κ2) is 6.99. The lowest BCUT2D eigenvalue weighted by molar-refractivity contribution is 0.0950. The number of furan rings is 1. The standard InChI is InChI=1S/C22H26N4O2S/c1-12-9-14-7-5-6-8-16(14)26(12)20(27)19-13(2)18-15(24-25-21(23)29)10-22(3,4)11-17(18)28-19/h5-8,12H,9-11H2,1-4H3,(H3,23,25,29)/b24-15-. The lowest BCUT2D eigenvalue weighted by Crippen LogP contribution is -2.35. The minimum atomic E-state index is -0.103. The van der Waals surface area contributed by atoms with Crippen molar-refractivity contribution in [3.63, 3.8) is 0 Å². The third-order valence-corrected chi connectivity index (χ3v) is 5.81. The molecule has 0 saturated carbocycles. The lowest BCUT2D eigenvalue weighted by Gasteiger charge is -2.29. The van der Waals surface area contributed by atoms with E-state index in [2.05, 4.69) is 37.4 Å². The van der Waals surface area contributed by atoms with Crippen molar-refractivity contribution >= 4 is 34.6 Å². The third-order valence-electron chi connectivity index (χ3n) is 5.71. The van der Waals surface area contributed by atoms with E-state index >= 15 is 0 Å². The summed E-state index contributed by atoms with van der Waals surface area (Å²) in [7, 11) is 0. The zero-order valence-corrected chi connectivity index (χ0v) is 18.0. The molecule has 2 aromatic rings. The van der Waals surface area contributed by atoms with Crippen LogP contribution in [0.3, 0.4) is 0 Å². The predicted molar refractivity (Wildman–Crippen MR) is 118 cm³/mol. The molecule has 3 N–H and O–H groups in total. The number of hydrogen-bond donors (Lipinski definition) is 2. The summed E-state index contributed by atoms with van der Waals surface area (Å²) in [5, 5.41) is 4.53. The number of hydrazone groups is 1. The summed E-state index contributed by atoms with van der Waals surface area (Å²) in [6, 6.07) is 8.13. The highest BCUT2D eigenvalue weighted by Gasteiger charge is 2.39. The van der Waals surface area contributed by atoms with E-state index in [1.807, 2.05) is 30.0 Å². The molecule has 152 valence electrons. The van der Waals surface area contributed by atoms with Crippen LogP contribution in [0.2, 0.25) is 0 Å². The molecule has 0 bridgehead atoms. The SMILES string of the molecule is Cc1c(C(=O)N2c3ccccc3CC2C)oc2c1/C(=N\NC(N)=S)CC(C)(C)C2. The summed E-state index contributed by atoms with van der Waals surface area (Å²) in [5.74, 6) is 1.08. The zero-order valence-electron chi connectivity index (χ0n) is 17.2. The number of nitrogens with one attached hydrogen (secondary N) is 1. The molecular formula is C22H26N4O2S. The number of fused-ring (bicyclic) bond motifs is 2. The molecule has 6 nitrogen and oxygen atoms in total. The Labute approximate surface area is 176 Å². The molecule has 2 aliphatic rings. The van der Waals surface area contributed by atoms with Crippen LogP contribution in [0.1, 0.15) is 60.2 Å². The number of amides is 1. The molecule has 1 unspecified atom stereocenters. The average molecular weight is 411 g/mol. The summed E-state index contributed by atoms with van der Waals surface area (Å²) in [4.78, 5) is 15.4. The van der Waals surface area contributed by atoms with E-state index in [1.165, 1.54) is 5.56 Å². The highest BCUT2D eigenvalue weighted by atomic mass is 32.1. The van der Waals surface area contributed by atoms with Crippen molar-refractivity contribution in [2.24, 2.45) is 16.3 Å². The molecule has 1 atom stereocenters. The number of benzene rings is 1. The Bertz CT molecular complexity index is 1040. The van der Waals surface area contributed by atoms with Crippen LogP contribution in [0.25, 0.3) is 0 Å². The normalized spacial score (nSPS) is 21.0. The third kappa shape index (κ3) is 3.44. The van der Waals surface area contributed by atoms with Crippen molar-refractivity contribution in [2.45, 2.75) is 53.0 Å². The molecule has 1 amide bonds. The van der Waals surface area contributed by atoms with E-state index in [0.29, 0.717) is 5.76 Å². The van der Waals surface area contributed by atoms with E-state index < -0.39 is 0 Å². The van der Waals surface area contributed by atoms with E-state index in [9.17, 15) is 4.79 Å². The number of para-hydroxylation sites is 1. The van der Waals surface area contributed by atoms with Gasteiger partial charge in [0, 0.05) is 29.3 Å². The Morgan fingerprint density at radius 1 is 1.34 bits per heavy atom. The van der Waals surface area contributed by atoms with Crippen molar-refractivity contribution in [2.75, 3.05) is 4.90 Å². The van der Waals surface area contributed by atoms with Gasteiger partial charge in [-0.15, -0.1) is 0 Å². The fourth-order valence-electron chi connectivity index (χ4n) is 4.52. The van der Waals surface area contributed by atoms with Gasteiger partial charge < -0.3 is 15.1 Å². The van der Waals surface area contributed by atoms with Gasteiger partial charge in [0.2, 0.25) is 0 Å². The maximum Gasteiger partial charge on any atom is 0.294 e. The second-order valence-electron chi connectivity index (χ2n) is 8.76. The highest BCUT2D eigenvalue weighted by Crippen LogP contribution is 2.40. The highest BCUT2D eigenvalue weighted by molar-refractivity contribution is 7.80. The quantitative estimate of drug-likeness (QED) is 0.583. The molecule has 0 saturated heterocycles. The van der Waals surface area contributed by atoms with Gasteiger partial charge in [0.05, 0.1) is 5.71 Å². The largest absolute Gasteiger partial charge is 0.455 e. The van der Waals surface area contributed by atoms with Crippen molar-refractivity contribution in [1.82, 2.24) is 5.43 Å². The fourth-order valence-corrected chi connectivity index (χ4v) is 4.57. The van der Waals surface area contributed by atoms with Gasteiger partial charge in [-0.1, -0.05) is 32.0 Å². The topological polar surface area (TPSA) is 83.9 Å². The van der Waals surface area contributed by atoms with Gasteiger partial charge in [0.15, 0.2) is 10.9 Å². The molecule has 1 aromatic heterocycles. The molecule has 2 heterocycles. The van der Waals surface area contributed by atoms with Crippen LogP contribution in [-0.2, 0) is 12.8 Å². The number of nitrogens with zero attached hydrogens (tertiary/aromatic N) is 2. The summed E-state index contributed by atoms with van der Waals surface area (Å²) in [6.45, 7) is 8.31. The van der Waals surface area contributed by atoms with Crippen LogP contribution >= 0.6 is 12.2 Å². The van der Waals surface area contributed by atoms with Gasteiger partial charge in [-0.3, -0.25) is 10.2 Å². The molecule has 0 fully saturated rings. The van der Waals surface area contributed by atoms with Gasteiger partial charge in [0.1, 0.15) is 5.76 Å². The zero-order chi connectivity index (χ0) is 20.9. The van der Waals surface area contributed by atoms with Crippen LogP contribution in [0.4, 0.5) is 5.69 Å². The number of carbonyl (C=O) groups is 1.